The predicted molar refractivity (Wildman–Crippen MR) is 130 cm³/mol. The van der Waals surface area contributed by atoms with Crippen molar-refractivity contribution in [3.05, 3.63) is 40.2 Å². The smallest absolute Gasteiger partial charge is 0.413 e. The number of methoxy groups -OCH3 is 1. The summed E-state index contributed by atoms with van der Waals surface area (Å²) in [5.41, 5.74) is 0.405. The van der Waals surface area contributed by atoms with E-state index in [1.54, 1.807) is 26.8 Å². The number of carbonyl (C=O) groups is 2. The van der Waals surface area contributed by atoms with Crippen LogP contribution in [0.3, 0.4) is 0 Å². The number of nitrogens with zero attached hydrogens (tertiary/aromatic N) is 2. The number of thiazole rings is 1. The lowest BCUT2D eigenvalue weighted by atomic mass is 10.1. The number of esters is 1. The van der Waals surface area contributed by atoms with E-state index in [2.05, 4.69) is 15.2 Å². The molecule has 1 heterocycles. The minimum Gasteiger partial charge on any atom is -0.491 e. The number of anilines is 1. The van der Waals surface area contributed by atoms with Crippen LogP contribution in [0.5, 0.6) is 5.75 Å². The number of hydrogen-bond acceptors (Lipinski definition) is 8. The van der Waals surface area contributed by atoms with Gasteiger partial charge in [-0.25, -0.2) is 19.0 Å². The Hall–Kier alpha value is -2.72. The summed E-state index contributed by atoms with van der Waals surface area (Å²) in [6.07, 6.45) is 2.06. The minimum absolute atomic E-state index is 0.131. The van der Waals surface area contributed by atoms with Crippen LogP contribution in [0, 0.1) is 5.82 Å². The molecule has 0 saturated carbocycles. The average molecular weight is 496 g/mol. The van der Waals surface area contributed by atoms with Gasteiger partial charge in [0.25, 0.3) is 0 Å². The van der Waals surface area contributed by atoms with Crippen LogP contribution in [0.25, 0.3) is 0 Å². The van der Waals surface area contributed by atoms with Crippen molar-refractivity contribution < 1.29 is 28.2 Å². The van der Waals surface area contributed by atoms with Crippen LogP contribution in [0.15, 0.2) is 18.2 Å². The fourth-order valence-corrected chi connectivity index (χ4v) is 4.03. The van der Waals surface area contributed by atoms with Gasteiger partial charge in [0.2, 0.25) is 0 Å². The average Bonchev–Trinajstić information content (AvgIpc) is 3.12. The van der Waals surface area contributed by atoms with E-state index in [1.807, 2.05) is 20.2 Å². The molecular formula is C24H34FN3O5S. The van der Waals surface area contributed by atoms with Crippen molar-refractivity contribution in [2.24, 2.45) is 0 Å². The summed E-state index contributed by atoms with van der Waals surface area (Å²) in [4.78, 5) is 31.0. The lowest BCUT2D eigenvalue weighted by molar-refractivity contribution is 0.0589. The van der Waals surface area contributed by atoms with Gasteiger partial charge in [0, 0.05) is 4.88 Å². The number of ether oxygens (including phenoxy) is 3. The quantitative estimate of drug-likeness (QED) is 0.349. The molecule has 0 aliphatic rings. The lowest BCUT2D eigenvalue weighted by Crippen LogP contribution is -2.27. The zero-order chi connectivity index (χ0) is 25.3. The van der Waals surface area contributed by atoms with Crippen molar-refractivity contribution >= 4 is 28.5 Å². The molecule has 0 bridgehead atoms. The van der Waals surface area contributed by atoms with Gasteiger partial charge < -0.3 is 19.1 Å². The Balaban J connectivity index is 1.92. The highest BCUT2D eigenvalue weighted by Gasteiger charge is 2.22. The molecule has 8 nitrogen and oxygen atoms in total. The van der Waals surface area contributed by atoms with Gasteiger partial charge in [-0.1, -0.05) is 6.07 Å². The van der Waals surface area contributed by atoms with Gasteiger partial charge >= 0.3 is 12.1 Å². The third kappa shape index (κ3) is 9.26. The number of carbonyl (C=O) groups excluding carboxylic acids is 2. The second kappa shape index (κ2) is 12.7. The summed E-state index contributed by atoms with van der Waals surface area (Å²) >= 11 is 1.16. The van der Waals surface area contributed by atoms with Crippen molar-refractivity contribution in [2.45, 2.75) is 52.1 Å². The van der Waals surface area contributed by atoms with E-state index in [9.17, 15) is 14.0 Å². The molecule has 0 aliphatic carbocycles. The van der Waals surface area contributed by atoms with E-state index in [0.717, 1.165) is 36.3 Å². The zero-order valence-electron chi connectivity index (χ0n) is 20.7. The molecule has 0 saturated heterocycles. The van der Waals surface area contributed by atoms with Crippen LogP contribution in [0.2, 0.25) is 0 Å². The molecule has 0 atom stereocenters. The SMILES string of the molecule is COC(=O)c1nc(NC(=O)OC(C)(C)C)sc1CCCOc1ccc(CCCN(C)C)cc1F. The molecule has 0 aliphatic heterocycles. The predicted octanol–water partition coefficient (Wildman–Crippen LogP) is 4.92. The Labute approximate surface area is 204 Å². The second-order valence-corrected chi connectivity index (χ2v) is 10.1. The van der Waals surface area contributed by atoms with Crippen molar-refractivity contribution in [1.29, 1.82) is 0 Å². The number of hydrogen-bond donors (Lipinski definition) is 1. The number of rotatable bonds is 11. The van der Waals surface area contributed by atoms with Crippen LogP contribution < -0.4 is 10.1 Å². The van der Waals surface area contributed by atoms with Gasteiger partial charge in [-0.15, -0.1) is 11.3 Å². The molecule has 188 valence electrons. The Kier molecular flexibility index (Phi) is 10.2. The van der Waals surface area contributed by atoms with Gasteiger partial charge in [-0.2, -0.15) is 0 Å². The Morgan fingerprint density at radius 3 is 2.53 bits per heavy atom. The van der Waals surface area contributed by atoms with Gasteiger partial charge in [-0.05, 0) is 84.8 Å². The number of nitrogens with one attached hydrogen (secondary N) is 1. The summed E-state index contributed by atoms with van der Waals surface area (Å²) in [5.74, 6) is -0.791. The minimum atomic E-state index is -0.660. The molecule has 0 fully saturated rings. The van der Waals surface area contributed by atoms with Crippen molar-refractivity contribution in [3.63, 3.8) is 0 Å². The number of amides is 1. The van der Waals surface area contributed by atoms with E-state index in [-0.39, 0.29) is 29.0 Å². The molecule has 10 heteroatoms. The fourth-order valence-electron chi connectivity index (χ4n) is 3.05. The molecule has 2 rings (SSSR count). The normalized spacial score (nSPS) is 11.4. The first-order valence-corrected chi connectivity index (χ1v) is 11.9. The van der Waals surface area contributed by atoms with Crippen molar-refractivity contribution in [3.8, 4) is 5.75 Å². The monoisotopic (exact) mass is 495 g/mol. The van der Waals surface area contributed by atoms with Crippen LogP contribution in [0.1, 0.15) is 54.5 Å². The molecule has 0 unspecified atom stereocenters. The zero-order valence-corrected chi connectivity index (χ0v) is 21.5. The van der Waals surface area contributed by atoms with Crippen molar-refractivity contribution in [1.82, 2.24) is 9.88 Å². The molecule has 1 aromatic heterocycles. The number of aryl methyl sites for hydroxylation is 2. The highest BCUT2D eigenvalue weighted by atomic mass is 32.1. The number of aromatic nitrogens is 1. The summed E-state index contributed by atoms with van der Waals surface area (Å²) in [6.45, 7) is 6.45. The third-order valence-corrected chi connectivity index (χ3v) is 5.59. The van der Waals surface area contributed by atoms with Crippen molar-refractivity contribution in [2.75, 3.05) is 39.7 Å². The number of halogens is 1. The summed E-state index contributed by atoms with van der Waals surface area (Å²) in [6, 6.07) is 5.04. The van der Waals surface area contributed by atoms with Crippen LogP contribution >= 0.6 is 11.3 Å². The highest BCUT2D eigenvalue weighted by Crippen LogP contribution is 2.26. The molecule has 34 heavy (non-hydrogen) atoms. The maximum absolute atomic E-state index is 14.4. The molecular weight excluding hydrogens is 461 g/mol. The molecule has 1 N–H and O–H groups in total. The first kappa shape index (κ1) is 27.5. The van der Waals surface area contributed by atoms with Crippen LogP contribution in [-0.2, 0) is 22.3 Å². The standard InChI is InChI=1S/C24H34FN3O5S/c1-24(2,3)33-23(30)27-22-26-20(21(29)31-6)19(34-22)10-8-14-32-18-12-11-16(15-17(18)25)9-7-13-28(4)5/h11-12,15H,7-10,13-14H2,1-6H3,(H,26,27,30). The topological polar surface area (TPSA) is 90.0 Å². The largest absolute Gasteiger partial charge is 0.491 e. The number of benzene rings is 1. The van der Waals surface area contributed by atoms with Gasteiger partial charge in [0.15, 0.2) is 22.4 Å². The summed E-state index contributed by atoms with van der Waals surface area (Å²) < 4.78 is 30.0. The van der Waals surface area contributed by atoms with E-state index in [1.165, 1.54) is 13.2 Å². The maximum Gasteiger partial charge on any atom is 0.413 e. The van der Waals surface area contributed by atoms with E-state index >= 15 is 0 Å². The first-order valence-electron chi connectivity index (χ1n) is 11.1. The van der Waals surface area contributed by atoms with Gasteiger partial charge in [0.05, 0.1) is 13.7 Å². The van der Waals surface area contributed by atoms with Crippen LogP contribution in [-0.4, -0.2) is 61.9 Å². The van der Waals surface area contributed by atoms with E-state index in [4.69, 9.17) is 14.2 Å². The molecule has 2 aromatic rings. The highest BCUT2D eigenvalue weighted by molar-refractivity contribution is 7.16. The second-order valence-electron chi connectivity index (χ2n) is 9.03. The Morgan fingerprint density at radius 1 is 1.18 bits per heavy atom. The first-order chi connectivity index (χ1) is 16.0. The maximum atomic E-state index is 14.4. The fraction of sp³-hybridized carbons (Fsp3) is 0.542. The molecule has 1 aromatic carbocycles. The van der Waals surface area contributed by atoms with E-state index in [0.29, 0.717) is 17.7 Å². The van der Waals surface area contributed by atoms with Gasteiger partial charge in [-0.3, -0.25) is 5.32 Å². The molecule has 0 radical (unpaired) electrons. The summed E-state index contributed by atoms with van der Waals surface area (Å²) in [5, 5.41) is 2.78. The third-order valence-electron chi connectivity index (χ3n) is 4.56. The van der Waals surface area contributed by atoms with Gasteiger partial charge in [0.1, 0.15) is 5.60 Å². The van der Waals surface area contributed by atoms with E-state index < -0.39 is 17.7 Å². The molecule has 1 amide bonds. The van der Waals surface area contributed by atoms with Crippen LogP contribution in [0.4, 0.5) is 14.3 Å². The lowest BCUT2D eigenvalue weighted by Gasteiger charge is -2.18. The molecule has 0 spiro atoms. The summed E-state index contributed by atoms with van der Waals surface area (Å²) in [7, 11) is 5.29. The Morgan fingerprint density at radius 2 is 1.91 bits per heavy atom. The Bertz CT molecular complexity index is 972.